The zero-order chi connectivity index (χ0) is 7.56. The molecule has 0 bridgehead atoms. The van der Waals surface area contributed by atoms with Crippen LogP contribution in [0.15, 0.2) is 0 Å². The molecule has 0 heterocycles. The first kappa shape index (κ1) is 11.4. The maximum absolute atomic E-state index is 10.3. The summed E-state index contributed by atoms with van der Waals surface area (Å²) in [6.45, 7) is 2.17. The van der Waals surface area contributed by atoms with Crippen LogP contribution >= 0.6 is 0 Å². The van der Waals surface area contributed by atoms with Crippen LogP contribution in [0.5, 0.6) is 0 Å². The predicted octanol–water partition coefficient (Wildman–Crippen LogP) is 0.182. The monoisotopic (exact) mass is 346 g/mol. The molecule has 2 nitrogen and oxygen atoms in total. The molecular formula is C8H13O2Tl. The molecule has 0 aromatic heterocycles. The molecule has 60 valence electrons. The van der Waals surface area contributed by atoms with Crippen LogP contribution < -0.4 is 5.11 Å². The number of hydrogen-bond donors (Lipinski definition) is 0. The molecular weight excluding hydrogens is 332 g/mol. The van der Waals surface area contributed by atoms with E-state index in [2.05, 4.69) is 6.92 Å². The van der Waals surface area contributed by atoms with Gasteiger partial charge in [0, 0.05) is 5.97 Å². The maximum Gasteiger partial charge on any atom is 1.00 e. The Morgan fingerprint density at radius 2 is 1.73 bits per heavy atom. The molecule has 1 aliphatic rings. The quantitative estimate of drug-likeness (QED) is 0.636. The maximum atomic E-state index is 10.3. The van der Waals surface area contributed by atoms with Crippen molar-refractivity contribution in [3.05, 3.63) is 0 Å². The van der Waals surface area contributed by atoms with E-state index >= 15 is 0 Å². The summed E-state index contributed by atoms with van der Waals surface area (Å²) in [7, 11) is 0. The normalized spacial score (nSPS) is 30.6. The minimum Gasteiger partial charge on any atom is -0.550 e. The van der Waals surface area contributed by atoms with Crippen LogP contribution in [0.3, 0.4) is 0 Å². The fourth-order valence-corrected chi connectivity index (χ4v) is 1.50. The first-order valence-electron chi connectivity index (χ1n) is 3.91. The van der Waals surface area contributed by atoms with E-state index in [9.17, 15) is 9.90 Å². The molecule has 0 N–H and O–H groups in total. The molecule has 0 aromatic carbocycles. The van der Waals surface area contributed by atoms with Crippen LogP contribution in [0.4, 0.5) is 0 Å². The second-order valence-electron chi connectivity index (χ2n) is 3.28. The molecule has 1 saturated carbocycles. The average Bonchev–Trinajstić information content (AvgIpc) is 1.88. The third kappa shape index (κ3) is 3.53. The SMILES string of the molecule is CC1CCC(C(=O)[O-])CC1.[Tl+]. The summed E-state index contributed by atoms with van der Waals surface area (Å²) in [6, 6.07) is 0. The van der Waals surface area contributed by atoms with Gasteiger partial charge in [0.2, 0.25) is 0 Å². The third-order valence-electron chi connectivity index (χ3n) is 2.35. The van der Waals surface area contributed by atoms with Crippen LogP contribution in [-0.2, 0) is 4.79 Å². The van der Waals surface area contributed by atoms with Gasteiger partial charge >= 0.3 is 27.3 Å². The first-order chi connectivity index (χ1) is 4.70. The Hall–Kier alpha value is 0.392. The minimum absolute atomic E-state index is 0. The number of carboxylic acids is 1. The first-order valence-corrected chi connectivity index (χ1v) is 3.91. The van der Waals surface area contributed by atoms with Crippen molar-refractivity contribution in [1.82, 2.24) is 0 Å². The van der Waals surface area contributed by atoms with Gasteiger partial charge in [0.1, 0.15) is 0 Å². The molecule has 0 radical (unpaired) electrons. The summed E-state index contributed by atoms with van der Waals surface area (Å²) in [6.07, 6.45) is 3.75. The second-order valence-corrected chi connectivity index (χ2v) is 3.28. The molecule has 0 unspecified atom stereocenters. The number of aliphatic carboxylic acids is 1. The van der Waals surface area contributed by atoms with Crippen LogP contribution in [0.1, 0.15) is 32.6 Å². The number of rotatable bonds is 1. The van der Waals surface area contributed by atoms with Crippen molar-refractivity contribution in [2.24, 2.45) is 11.8 Å². The van der Waals surface area contributed by atoms with Crippen LogP contribution in [-0.4, -0.2) is 33.3 Å². The van der Waals surface area contributed by atoms with E-state index in [0.29, 0.717) is 0 Å². The summed E-state index contributed by atoms with van der Waals surface area (Å²) < 4.78 is 0. The molecule has 0 spiro atoms. The Balaban J connectivity index is 0.000001000. The number of carbonyl (C=O) groups excluding carboxylic acids is 1. The van der Waals surface area contributed by atoms with E-state index < -0.39 is 5.97 Å². The van der Waals surface area contributed by atoms with Gasteiger partial charge in [0.05, 0.1) is 0 Å². The summed E-state index contributed by atoms with van der Waals surface area (Å²) in [5, 5.41) is 10.3. The molecule has 0 aromatic rings. The largest absolute Gasteiger partial charge is 1.00 e. The van der Waals surface area contributed by atoms with Crippen molar-refractivity contribution >= 4 is 33.3 Å². The molecule has 0 aliphatic heterocycles. The Labute approximate surface area is 87.5 Å². The second kappa shape index (κ2) is 5.11. The average molecular weight is 346 g/mol. The predicted molar refractivity (Wildman–Crippen MR) is 41.9 cm³/mol. The van der Waals surface area contributed by atoms with Gasteiger partial charge in [-0.15, -0.1) is 0 Å². The summed E-state index contributed by atoms with van der Waals surface area (Å²) >= 11 is 0. The minimum atomic E-state index is -0.855. The number of hydrogen-bond acceptors (Lipinski definition) is 2. The Kier molecular flexibility index (Phi) is 5.29. The zero-order valence-electron chi connectivity index (χ0n) is 6.88. The molecule has 1 fully saturated rings. The molecule has 1 rings (SSSR count). The van der Waals surface area contributed by atoms with E-state index in [1.165, 1.54) is 0 Å². The van der Waals surface area contributed by atoms with E-state index in [1.54, 1.807) is 0 Å². The van der Waals surface area contributed by atoms with Crippen LogP contribution in [0, 0.1) is 11.8 Å². The fourth-order valence-electron chi connectivity index (χ4n) is 1.50. The Morgan fingerprint density at radius 1 is 1.27 bits per heavy atom. The van der Waals surface area contributed by atoms with E-state index in [1.807, 2.05) is 0 Å². The molecule has 0 saturated heterocycles. The van der Waals surface area contributed by atoms with Crippen LogP contribution in [0.25, 0.3) is 0 Å². The molecule has 1 aliphatic carbocycles. The topological polar surface area (TPSA) is 40.1 Å². The molecule has 3 heteroatoms. The van der Waals surface area contributed by atoms with E-state index in [4.69, 9.17) is 0 Å². The van der Waals surface area contributed by atoms with Crippen molar-refractivity contribution in [1.29, 1.82) is 0 Å². The van der Waals surface area contributed by atoms with Crippen LogP contribution in [0.2, 0.25) is 0 Å². The van der Waals surface area contributed by atoms with Crippen molar-refractivity contribution in [2.45, 2.75) is 32.6 Å². The van der Waals surface area contributed by atoms with Gasteiger partial charge in [0.15, 0.2) is 0 Å². The number of carbonyl (C=O) groups is 1. The molecule has 11 heavy (non-hydrogen) atoms. The van der Waals surface area contributed by atoms with Crippen molar-refractivity contribution in [3.8, 4) is 0 Å². The van der Waals surface area contributed by atoms with E-state index in [-0.39, 0.29) is 33.2 Å². The van der Waals surface area contributed by atoms with Gasteiger partial charge in [-0.25, -0.2) is 0 Å². The summed E-state index contributed by atoms with van der Waals surface area (Å²) in [5.41, 5.74) is 0. The van der Waals surface area contributed by atoms with Gasteiger partial charge in [0.25, 0.3) is 0 Å². The Bertz CT molecular complexity index is 128. The molecule has 0 atom stereocenters. The van der Waals surface area contributed by atoms with Crippen molar-refractivity contribution < 1.29 is 9.90 Å². The number of carboxylic acid groups (broad SMARTS) is 1. The van der Waals surface area contributed by atoms with Gasteiger partial charge in [-0.2, -0.15) is 0 Å². The van der Waals surface area contributed by atoms with Gasteiger partial charge in [-0.3, -0.25) is 0 Å². The van der Waals surface area contributed by atoms with Crippen molar-refractivity contribution in [3.63, 3.8) is 0 Å². The van der Waals surface area contributed by atoms with E-state index in [0.717, 1.165) is 31.6 Å². The zero-order valence-corrected chi connectivity index (χ0v) is 11.4. The van der Waals surface area contributed by atoms with Gasteiger partial charge in [-0.1, -0.05) is 19.8 Å². The summed E-state index contributed by atoms with van der Waals surface area (Å²) in [4.78, 5) is 10.3. The van der Waals surface area contributed by atoms with Gasteiger partial charge < -0.3 is 9.90 Å². The fraction of sp³-hybridized carbons (Fsp3) is 0.875. The standard InChI is InChI=1S/C8H14O2.Tl/c1-6-2-4-7(5-3-6)8(9)10;/h6-7H,2-5H2,1H3,(H,9,10);/q;+1/p-1. The van der Waals surface area contributed by atoms with Gasteiger partial charge in [-0.05, 0) is 24.7 Å². The molecule has 0 amide bonds. The third-order valence-corrected chi connectivity index (χ3v) is 2.35. The summed E-state index contributed by atoms with van der Waals surface area (Å²) in [5.74, 6) is -0.293. The Morgan fingerprint density at radius 3 is 2.09 bits per heavy atom. The van der Waals surface area contributed by atoms with Crippen molar-refractivity contribution in [2.75, 3.05) is 0 Å². The smallest absolute Gasteiger partial charge is 0.550 e.